The van der Waals surface area contributed by atoms with E-state index in [-0.39, 0.29) is 11.4 Å². The standard InChI is InChI=1S/C13H11F2N3O/c14-9-2-1-3-10(12(9)15)18-13(19)11-5-4-8(6-16)7-17-11/h1-5,7H,6,16H2,(H,18,19). The molecule has 4 nitrogen and oxygen atoms in total. The largest absolute Gasteiger partial charge is 0.326 e. The van der Waals surface area contributed by atoms with Gasteiger partial charge in [0, 0.05) is 12.7 Å². The average Bonchev–Trinajstić information content (AvgIpc) is 2.44. The van der Waals surface area contributed by atoms with Gasteiger partial charge in [-0.2, -0.15) is 0 Å². The normalized spacial score (nSPS) is 10.3. The number of halogens is 2. The lowest BCUT2D eigenvalue weighted by atomic mass is 10.2. The number of nitrogens with one attached hydrogen (secondary N) is 1. The first-order valence-corrected chi connectivity index (χ1v) is 5.52. The molecule has 1 aromatic carbocycles. The molecule has 0 aliphatic rings. The fraction of sp³-hybridized carbons (Fsp3) is 0.0769. The van der Waals surface area contributed by atoms with Crippen LogP contribution in [0, 0.1) is 11.6 Å². The molecular formula is C13H11F2N3O. The van der Waals surface area contributed by atoms with Crippen molar-refractivity contribution in [2.24, 2.45) is 5.73 Å². The van der Waals surface area contributed by atoms with Gasteiger partial charge in [0.25, 0.3) is 5.91 Å². The summed E-state index contributed by atoms with van der Waals surface area (Å²) in [6.45, 7) is 0.313. The Morgan fingerprint density at radius 1 is 1.26 bits per heavy atom. The Bertz CT molecular complexity index is 599. The van der Waals surface area contributed by atoms with Gasteiger partial charge in [-0.05, 0) is 23.8 Å². The van der Waals surface area contributed by atoms with Crippen molar-refractivity contribution >= 4 is 11.6 Å². The molecule has 0 saturated heterocycles. The van der Waals surface area contributed by atoms with Crippen LogP contribution in [0.15, 0.2) is 36.5 Å². The highest BCUT2D eigenvalue weighted by Gasteiger charge is 2.12. The molecule has 2 aromatic rings. The molecule has 1 amide bonds. The Balaban J connectivity index is 2.18. The van der Waals surface area contributed by atoms with E-state index in [4.69, 9.17) is 5.73 Å². The molecule has 0 bridgehead atoms. The van der Waals surface area contributed by atoms with Crippen molar-refractivity contribution in [2.45, 2.75) is 6.54 Å². The number of hydrogen-bond acceptors (Lipinski definition) is 3. The molecule has 0 aliphatic heterocycles. The van der Waals surface area contributed by atoms with Crippen LogP contribution < -0.4 is 11.1 Å². The number of aromatic nitrogens is 1. The van der Waals surface area contributed by atoms with Crippen molar-refractivity contribution in [3.05, 3.63) is 59.4 Å². The van der Waals surface area contributed by atoms with Gasteiger partial charge in [-0.25, -0.2) is 8.78 Å². The Labute approximate surface area is 108 Å². The van der Waals surface area contributed by atoms with E-state index in [0.29, 0.717) is 6.54 Å². The summed E-state index contributed by atoms with van der Waals surface area (Å²) >= 11 is 0. The average molecular weight is 263 g/mol. The molecule has 0 radical (unpaired) electrons. The molecule has 0 atom stereocenters. The van der Waals surface area contributed by atoms with Gasteiger partial charge in [0.15, 0.2) is 11.6 Å². The number of nitrogens with two attached hydrogens (primary N) is 1. The van der Waals surface area contributed by atoms with Gasteiger partial charge in [-0.3, -0.25) is 9.78 Å². The Hall–Kier alpha value is -2.34. The van der Waals surface area contributed by atoms with E-state index >= 15 is 0 Å². The van der Waals surface area contributed by atoms with E-state index in [9.17, 15) is 13.6 Å². The van der Waals surface area contributed by atoms with Crippen molar-refractivity contribution < 1.29 is 13.6 Å². The first-order valence-electron chi connectivity index (χ1n) is 5.52. The van der Waals surface area contributed by atoms with Crippen LogP contribution in [0.2, 0.25) is 0 Å². The monoisotopic (exact) mass is 263 g/mol. The van der Waals surface area contributed by atoms with E-state index in [1.807, 2.05) is 0 Å². The van der Waals surface area contributed by atoms with Gasteiger partial charge >= 0.3 is 0 Å². The molecule has 98 valence electrons. The van der Waals surface area contributed by atoms with E-state index in [1.165, 1.54) is 24.4 Å². The third-order valence-corrected chi connectivity index (χ3v) is 2.49. The number of carbonyl (C=O) groups is 1. The molecule has 2 rings (SSSR count). The van der Waals surface area contributed by atoms with E-state index in [0.717, 1.165) is 11.6 Å². The maximum atomic E-state index is 13.4. The Kier molecular flexibility index (Phi) is 3.82. The second kappa shape index (κ2) is 5.53. The third kappa shape index (κ3) is 2.92. The van der Waals surface area contributed by atoms with E-state index < -0.39 is 17.5 Å². The zero-order valence-corrected chi connectivity index (χ0v) is 9.86. The summed E-state index contributed by atoms with van der Waals surface area (Å²) in [6.07, 6.45) is 1.46. The number of amides is 1. The zero-order valence-electron chi connectivity index (χ0n) is 9.86. The van der Waals surface area contributed by atoms with Crippen LogP contribution in [0.3, 0.4) is 0 Å². The van der Waals surface area contributed by atoms with E-state index in [1.54, 1.807) is 6.07 Å². The predicted octanol–water partition coefficient (Wildman–Crippen LogP) is 2.07. The number of nitrogens with zero attached hydrogens (tertiary/aromatic N) is 1. The van der Waals surface area contributed by atoms with Crippen molar-refractivity contribution in [1.29, 1.82) is 0 Å². The summed E-state index contributed by atoms with van der Waals surface area (Å²) in [5.41, 5.74) is 6.05. The van der Waals surface area contributed by atoms with Crippen LogP contribution in [0.25, 0.3) is 0 Å². The molecule has 0 saturated carbocycles. The summed E-state index contributed by atoms with van der Waals surface area (Å²) in [5, 5.41) is 2.26. The summed E-state index contributed by atoms with van der Waals surface area (Å²) in [5.74, 6) is -2.74. The Morgan fingerprint density at radius 2 is 2.05 bits per heavy atom. The fourth-order valence-corrected chi connectivity index (χ4v) is 1.47. The van der Waals surface area contributed by atoms with Crippen molar-refractivity contribution in [3.8, 4) is 0 Å². The van der Waals surface area contributed by atoms with E-state index in [2.05, 4.69) is 10.3 Å². The molecule has 3 N–H and O–H groups in total. The van der Waals surface area contributed by atoms with Gasteiger partial charge in [0.2, 0.25) is 0 Å². The van der Waals surface area contributed by atoms with Crippen LogP contribution in [0.1, 0.15) is 16.1 Å². The van der Waals surface area contributed by atoms with Gasteiger partial charge in [-0.15, -0.1) is 0 Å². The fourth-order valence-electron chi connectivity index (χ4n) is 1.47. The molecule has 0 spiro atoms. The SMILES string of the molecule is NCc1ccc(C(=O)Nc2cccc(F)c2F)nc1. The lowest BCUT2D eigenvalue weighted by Gasteiger charge is -2.06. The molecule has 0 aliphatic carbocycles. The number of pyridine rings is 1. The zero-order chi connectivity index (χ0) is 13.8. The van der Waals surface area contributed by atoms with Crippen molar-refractivity contribution in [3.63, 3.8) is 0 Å². The first kappa shape index (κ1) is 13.1. The number of carbonyl (C=O) groups excluding carboxylic acids is 1. The third-order valence-electron chi connectivity index (χ3n) is 2.49. The second-order valence-electron chi connectivity index (χ2n) is 3.81. The van der Waals surface area contributed by atoms with Crippen molar-refractivity contribution in [1.82, 2.24) is 4.98 Å². The van der Waals surface area contributed by atoms with Gasteiger partial charge in [0.05, 0.1) is 5.69 Å². The minimum atomic E-state index is -1.10. The maximum Gasteiger partial charge on any atom is 0.274 e. The minimum Gasteiger partial charge on any atom is -0.326 e. The number of hydrogen-bond donors (Lipinski definition) is 2. The van der Waals surface area contributed by atoms with Gasteiger partial charge in [-0.1, -0.05) is 12.1 Å². The molecule has 0 fully saturated rings. The number of rotatable bonds is 3. The van der Waals surface area contributed by atoms with Crippen LogP contribution in [0.5, 0.6) is 0 Å². The molecule has 1 aromatic heterocycles. The first-order chi connectivity index (χ1) is 9.11. The summed E-state index contributed by atoms with van der Waals surface area (Å²) in [7, 11) is 0. The topological polar surface area (TPSA) is 68.0 Å². The molecular weight excluding hydrogens is 252 g/mol. The van der Waals surface area contributed by atoms with Crippen LogP contribution in [0.4, 0.5) is 14.5 Å². The second-order valence-corrected chi connectivity index (χ2v) is 3.81. The lowest BCUT2D eigenvalue weighted by Crippen LogP contribution is -2.15. The van der Waals surface area contributed by atoms with Crippen molar-refractivity contribution in [2.75, 3.05) is 5.32 Å². The highest BCUT2D eigenvalue weighted by Crippen LogP contribution is 2.17. The maximum absolute atomic E-state index is 13.4. The van der Waals surface area contributed by atoms with Crippen LogP contribution in [-0.4, -0.2) is 10.9 Å². The highest BCUT2D eigenvalue weighted by molar-refractivity contribution is 6.02. The molecule has 6 heteroatoms. The minimum absolute atomic E-state index is 0.0980. The molecule has 0 unspecified atom stereocenters. The van der Waals surface area contributed by atoms with Gasteiger partial charge in [0.1, 0.15) is 5.69 Å². The lowest BCUT2D eigenvalue weighted by molar-refractivity contribution is 0.102. The quantitative estimate of drug-likeness (QED) is 0.890. The highest BCUT2D eigenvalue weighted by atomic mass is 19.2. The summed E-state index contributed by atoms with van der Waals surface area (Å²) in [6, 6.07) is 6.65. The number of anilines is 1. The Morgan fingerprint density at radius 3 is 2.68 bits per heavy atom. The number of benzene rings is 1. The summed E-state index contributed by atoms with van der Waals surface area (Å²) < 4.78 is 26.3. The molecule has 19 heavy (non-hydrogen) atoms. The van der Waals surface area contributed by atoms with Crippen LogP contribution in [-0.2, 0) is 6.54 Å². The smallest absolute Gasteiger partial charge is 0.274 e. The van der Waals surface area contributed by atoms with Crippen LogP contribution >= 0.6 is 0 Å². The van der Waals surface area contributed by atoms with Gasteiger partial charge < -0.3 is 11.1 Å². The molecule has 1 heterocycles. The predicted molar refractivity (Wildman–Crippen MR) is 66.4 cm³/mol. The summed E-state index contributed by atoms with van der Waals surface area (Å²) in [4.78, 5) is 15.7.